The van der Waals surface area contributed by atoms with Crippen LogP contribution in [0.15, 0.2) is 6.08 Å². The molecule has 0 saturated carbocycles. The molecule has 0 saturated heterocycles. The van der Waals surface area contributed by atoms with Crippen molar-refractivity contribution in [2.24, 2.45) is 7.05 Å². The van der Waals surface area contributed by atoms with E-state index in [0.717, 1.165) is 42.5 Å². The highest BCUT2D eigenvalue weighted by atomic mass is 35.5. The third-order valence-electron chi connectivity index (χ3n) is 4.71. The molecule has 0 aromatic carbocycles. The molecule has 1 amide bonds. The number of amides is 1. The number of nitriles is 1. The Morgan fingerprint density at radius 1 is 1.38 bits per heavy atom. The number of thiophene rings is 1. The second-order valence-corrected chi connectivity index (χ2v) is 8.25. The summed E-state index contributed by atoms with van der Waals surface area (Å²) in [7, 11) is 1.70. The topological polar surface area (TPSA) is 97.0 Å². The van der Waals surface area contributed by atoms with Crippen molar-refractivity contribution in [1.29, 1.82) is 5.26 Å². The molecule has 1 aliphatic rings. The van der Waals surface area contributed by atoms with Crippen molar-refractivity contribution in [3.8, 4) is 6.07 Å². The van der Waals surface area contributed by atoms with Crippen molar-refractivity contribution in [3.05, 3.63) is 38.5 Å². The number of aromatic nitrogens is 2. The van der Waals surface area contributed by atoms with Gasteiger partial charge in [-0.25, -0.2) is 4.79 Å². The number of nitrogens with zero attached hydrogens (tertiary/aromatic N) is 3. The van der Waals surface area contributed by atoms with E-state index in [1.54, 1.807) is 14.0 Å². The van der Waals surface area contributed by atoms with Crippen molar-refractivity contribution < 1.29 is 14.3 Å². The van der Waals surface area contributed by atoms with Gasteiger partial charge in [0.05, 0.1) is 11.3 Å². The minimum absolute atomic E-state index is 0.408. The molecule has 1 N–H and O–H groups in total. The first-order valence-corrected chi connectivity index (χ1v) is 10.5. The molecule has 0 aliphatic heterocycles. The molecule has 7 nitrogen and oxygen atoms in total. The lowest BCUT2D eigenvalue weighted by molar-refractivity contribution is -0.142. The molecule has 1 aliphatic carbocycles. The molecule has 2 aromatic heterocycles. The molecule has 0 fully saturated rings. The van der Waals surface area contributed by atoms with Gasteiger partial charge in [-0.05, 0) is 44.2 Å². The summed E-state index contributed by atoms with van der Waals surface area (Å²) in [6, 6.07) is 2.21. The molecule has 29 heavy (non-hydrogen) atoms. The van der Waals surface area contributed by atoms with Crippen LogP contribution in [0.5, 0.6) is 0 Å². The Labute approximate surface area is 177 Å². The van der Waals surface area contributed by atoms with E-state index in [0.29, 0.717) is 27.0 Å². The minimum atomic E-state index is -0.665. The molecule has 9 heteroatoms. The Hall–Kier alpha value is -2.63. The van der Waals surface area contributed by atoms with Crippen LogP contribution in [0.3, 0.4) is 0 Å². The van der Waals surface area contributed by atoms with Crippen LogP contribution in [-0.4, -0.2) is 28.3 Å². The van der Waals surface area contributed by atoms with E-state index in [-0.39, 0.29) is 0 Å². The first-order chi connectivity index (χ1) is 13.9. The van der Waals surface area contributed by atoms with Crippen LogP contribution in [0.2, 0.25) is 5.15 Å². The fraction of sp³-hybridized carbons (Fsp3) is 0.400. The van der Waals surface area contributed by atoms with Crippen LogP contribution in [0.1, 0.15) is 46.5 Å². The lowest BCUT2D eigenvalue weighted by Gasteiger charge is -2.04. The summed E-state index contributed by atoms with van der Waals surface area (Å²) < 4.78 is 6.50. The number of ether oxygens (including phenoxy) is 1. The second kappa shape index (κ2) is 9.25. The van der Waals surface area contributed by atoms with Gasteiger partial charge in [-0.2, -0.15) is 10.4 Å². The molecule has 0 radical (unpaired) electrons. The molecule has 2 aromatic rings. The maximum absolute atomic E-state index is 12.2. The summed E-state index contributed by atoms with van der Waals surface area (Å²) in [5, 5.41) is 17.3. The zero-order valence-corrected chi connectivity index (χ0v) is 17.8. The van der Waals surface area contributed by atoms with Gasteiger partial charge in [-0.3, -0.25) is 9.48 Å². The number of rotatable bonds is 5. The number of esters is 1. The van der Waals surface area contributed by atoms with Gasteiger partial charge in [-0.1, -0.05) is 18.0 Å². The average Bonchev–Trinajstić information content (AvgIpc) is 3.01. The number of carbonyl (C=O) groups is 2. The van der Waals surface area contributed by atoms with E-state index in [1.165, 1.54) is 28.2 Å². The molecule has 0 bridgehead atoms. The van der Waals surface area contributed by atoms with Crippen LogP contribution < -0.4 is 5.32 Å². The SMILES string of the molecule is Cc1nn(C)c(Cl)c1/C=C/C(=O)OCC(=O)Nc1sc2c(c1C#N)CCCCC2. The normalized spacial score (nSPS) is 13.6. The summed E-state index contributed by atoms with van der Waals surface area (Å²) in [6.07, 6.45) is 7.81. The monoisotopic (exact) mass is 432 g/mol. The highest BCUT2D eigenvalue weighted by Gasteiger charge is 2.21. The van der Waals surface area contributed by atoms with Crippen molar-refractivity contribution in [3.63, 3.8) is 0 Å². The smallest absolute Gasteiger partial charge is 0.331 e. The summed E-state index contributed by atoms with van der Waals surface area (Å²) in [6.45, 7) is 1.34. The van der Waals surface area contributed by atoms with Gasteiger partial charge < -0.3 is 10.1 Å². The van der Waals surface area contributed by atoms with Gasteiger partial charge >= 0.3 is 5.97 Å². The third kappa shape index (κ3) is 4.86. The largest absolute Gasteiger partial charge is 0.452 e. The maximum Gasteiger partial charge on any atom is 0.331 e. The van der Waals surface area contributed by atoms with E-state index in [1.807, 2.05) is 0 Å². The summed E-state index contributed by atoms with van der Waals surface area (Å²) >= 11 is 7.55. The number of hydrogen-bond donors (Lipinski definition) is 1. The second-order valence-electron chi connectivity index (χ2n) is 6.78. The Morgan fingerprint density at radius 3 is 2.83 bits per heavy atom. The quantitative estimate of drug-likeness (QED) is 0.440. The first-order valence-electron chi connectivity index (χ1n) is 9.29. The average molecular weight is 433 g/mol. The molecule has 2 heterocycles. The van der Waals surface area contributed by atoms with E-state index in [2.05, 4.69) is 16.5 Å². The van der Waals surface area contributed by atoms with Gasteiger partial charge in [0.15, 0.2) is 6.61 Å². The van der Waals surface area contributed by atoms with Crippen LogP contribution in [0.4, 0.5) is 5.00 Å². The third-order valence-corrected chi connectivity index (χ3v) is 6.37. The molecule has 0 unspecified atom stereocenters. The number of fused-ring (bicyclic) bond motifs is 1. The highest BCUT2D eigenvalue weighted by molar-refractivity contribution is 7.16. The predicted molar refractivity (Wildman–Crippen MR) is 112 cm³/mol. The van der Waals surface area contributed by atoms with Gasteiger partial charge in [0, 0.05) is 23.6 Å². The minimum Gasteiger partial charge on any atom is -0.452 e. The number of carbonyl (C=O) groups excluding carboxylic acids is 2. The standard InChI is InChI=1S/C20H21ClN4O3S/c1-12-13(19(21)25(2)24-12)8-9-18(27)28-11-17(26)23-20-15(10-22)14-6-4-3-5-7-16(14)29-20/h8-9H,3-7,11H2,1-2H3,(H,23,26)/b9-8+. The number of nitrogens with one attached hydrogen (secondary N) is 1. The van der Waals surface area contributed by atoms with E-state index in [4.69, 9.17) is 16.3 Å². The van der Waals surface area contributed by atoms with Gasteiger partial charge in [0.1, 0.15) is 16.2 Å². The number of hydrogen-bond acceptors (Lipinski definition) is 6. The molecule has 0 atom stereocenters. The van der Waals surface area contributed by atoms with Crippen molar-refractivity contribution >= 4 is 45.9 Å². The van der Waals surface area contributed by atoms with Crippen LogP contribution in [-0.2, 0) is 34.2 Å². The maximum atomic E-state index is 12.2. The Morgan fingerprint density at radius 2 is 2.14 bits per heavy atom. The number of anilines is 1. The lowest BCUT2D eigenvalue weighted by Crippen LogP contribution is -2.20. The van der Waals surface area contributed by atoms with Crippen LogP contribution >= 0.6 is 22.9 Å². The summed E-state index contributed by atoms with van der Waals surface area (Å²) in [5.74, 6) is -1.14. The zero-order valence-electron chi connectivity index (χ0n) is 16.2. The molecule has 3 rings (SSSR count). The van der Waals surface area contributed by atoms with E-state index >= 15 is 0 Å². The lowest BCUT2D eigenvalue weighted by atomic mass is 10.1. The Kier molecular flexibility index (Phi) is 6.72. The van der Waals surface area contributed by atoms with Crippen molar-refractivity contribution in [2.75, 3.05) is 11.9 Å². The molecular weight excluding hydrogens is 412 g/mol. The summed E-state index contributed by atoms with van der Waals surface area (Å²) in [4.78, 5) is 25.3. The molecular formula is C20H21ClN4O3S. The van der Waals surface area contributed by atoms with E-state index in [9.17, 15) is 14.9 Å². The zero-order chi connectivity index (χ0) is 21.0. The molecule has 152 valence electrons. The van der Waals surface area contributed by atoms with Gasteiger partial charge in [0.25, 0.3) is 5.91 Å². The van der Waals surface area contributed by atoms with Crippen LogP contribution in [0.25, 0.3) is 6.08 Å². The van der Waals surface area contributed by atoms with E-state index < -0.39 is 18.5 Å². The van der Waals surface area contributed by atoms with Gasteiger partial charge in [-0.15, -0.1) is 11.3 Å². The summed E-state index contributed by atoms with van der Waals surface area (Å²) in [5.41, 5.74) is 2.89. The fourth-order valence-corrected chi connectivity index (χ4v) is 4.78. The van der Waals surface area contributed by atoms with Gasteiger partial charge in [0.2, 0.25) is 0 Å². The first kappa shape index (κ1) is 21.1. The molecule has 0 spiro atoms. The van der Waals surface area contributed by atoms with Crippen molar-refractivity contribution in [2.45, 2.75) is 39.0 Å². The number of aryl methyl sites for hydroxylation is 3. The highest BCUT2D eigenvalue weighted by Crippen LogP contribution is 2.36. The van der Waals surface area contributed by atoms with Crippen LogP contribution in [0, 0.1) is 18.3 Å². The van der Waals surface area contributed by atoms with Crippen molar-refractivity contribution in [1.82, 2.24) is 9.78 Å². The predicted octanol–water partition coefficient (Wildman–Crippen LogP) is 3.78. The number of halogens is 1. The Balaban J connectivity index is 1.58. The Bertz CT molecular complexity index is 1020. The fourth-order valence-electron chi connectivity index (χ4n) is 3.28.